The lowest BCUT2D eigenvalue weighted by Gasteiger charge is -2.26. The van der Waals surface area contributed by atoms with Crippen LogP contribution in [-0.4, -0.2) is 34.3 Å². The topological polar surface area (TPSA) is 80.4 Å². The van der Waals surface area contributed by atoms with Crippen molar-refractivity contribution in [1.29, 1.82) is 0 Å². The summed E-state index contributed by atoms with van der Waals surface area (Å²) in [7, 11) is 0. The predicted molar refractivity (Wildman–Crippen MR) is 101 cm³/mol. The minimum atomic E-state index is -0.844. The molecule has 6 nitrogen and oxygen atoms in total. The van der Waals surface area contributed by atoms with Gasteiger partial charge in [0, 0.05) is 23.5 Å². The lowest BCUT2D eigenvalue weighted by Crippen LogP contribution is -2.47. The van der Waals surface area contributed by atoms with Crippen LogP contribution in [-0.2, 0) is 20.7 Å². The molecular weight excluding hydrogens is 332 g/mol. The number of alkyl carbamates (subject to hydrolysis) is 1. The number of amides is 1. The van der Waals surface area contributed by atoms with Crippen LogP contribution in [0, 0.1) is 0 Å². The van der Waals surface area contributed by atoms with E-state index >= 15 is 0 Å². The number of carbonyl (C=O) groups excluding carboxylic acids is 2. The van der Waals surface area contributed by atoms with E-state index in [9.17, 15) is 9.59 Å². The van der Waals surface area contributed by atoms with Crippen LogP contribution in [0.5, 0.6) is 0 Å². The largest absolute Gasteiger partial charge is 0.458 e. The number of H-pyrrole nitrogens is 1. The number of esters is 1. The van der Waals surface area contributed by atoms with Gasteiger partial charge in [-0.2, -0.15) is 0 Å². The molecule has 0 aliphatic rings. The number of aromatic amines is 1. The molecule has 0 radical (unpaired) electrons. The molecule has 1 atom stereocenters. The van der Waals surface area contributed by atoms with Crippen molar-refractivity contribution in [2.45, 2.75) is 65.2 Å². The molecule has 0 spiro atoms. The minimum absolute atomic E-state index is 0.304. The smallest absolute Gasteiger partial charge is 0.408 e. The van der Waals surface area contributed by atoms with Crippen LogP contribution >= 0.6 is 0 Å². The van der Waals surface area contributed by atoms with Gasteiger partial charge in [0.2, 0.25) is 0 Å². The van der Waals surface area contributed by atoms with Gasteiger partial charge in [0.05, 0.1) is 0 Å². The standard InChI is InChI=1S/C20H28N2O4/c1-19(2,3)25-17(23)16(22-18(24)26-20(4,5)6)11-13-12-21-15-10-8-7-9-14(13)15/h7-10,12,16,21H,11H2,1-6H3,(H,22,24)/t16-/m1/s1. The van der Waals surface area contributed by atoms with Crippen molar-refractivity contribution in [3.05, 3.63) is 36.0 Å². The molecule has 0 bridgehead atoms. The van der Waals surface area contributed by atoms with Crippen molar-refractivity contribution in [1.82, 2.24) is 10.3 Å². The first kappa shape index (κ1) is 19.8. The number of nitrogens with one attached hydrogen (secondary N) is 2. The quantitative estimate of drug-likeness (QED) is 0.809. The summed E-state index contributed by atoms with van der Waals surface area (Å²) in [6.07, 6.45) is 1.50. The number of carbonyl (C=O) groups is 2. The number of rotatable bonds is 4. The van der Waals surface area contributed by atoms with Crippen molar-refractivity contribution in [3.8, 4) is 0 Å². The highest BCUT2D eigenvalue weighted by molar-refractivity contribution is 5.86. The third-order valence-electron chi connectivity index (χ3n) is 3.48. The molecule has 0 unspecified atom stereocenters. The fourth-order valence-electron chi connectivity index (χ4n) is 2.54. The average Bonchev–Trinajstić information content (AvgIpc) is 2.86. The highest BCUT2D eigenvalue weighted by Gasteiger charge is 2.29. The molecule has 26 heavy (non-hydrogen) atoms. The molecule has 1 amide bonds. The minimum Gasteiger partial charge on any atom is -0.458 e. The molecule has 142 valence electrons. The van der Waals surface area contributed by atoms with Crippen molar-refractivity contribution in [2.75, 3.05) is 0 Å². The summed E-state index contributed by atoms with van der Waals surface area (Å²) >= 11 is 0. The number of benzene rings is 1. The van der Waals surface area contributed by atoms with Gasteiger partial charge in [-0.25, -0.2) is 9.59 Å². The van der Waals surface area contributed by atoms with Gasteiger partial charge in [0.25, 0.3) is 0 Å². The highest BCUT2D eigenvalue weighted by atomic mass is 16.6. The second-order valence-electron chi connectivity index (χ2n) is 8.30. The van der Waals surface area contributed by atoms with Gasteiger partial charge in [-0.05, 0) is 53.2 Å². The number of ether oxygens (including phenoxy) is 2. The van der Waals surface area contributed by atoms with Gasteiger partial charge in [0.1, 0.15) is 17.2 Å². The molecule has 2 aromatic rings. The zero-order valence-corrected chi connectivity index (χ0v) is 16.3. The molecular formula is C20H28N2O4. The summed E-state index contributed by atoms with van der Waals surface area (Å²) in [5.74, 6) is -0.492. The molecule has 0 fully saturated rings. The van der Waals surface area contributed by atoms with Crippen LogP contribution in [0.2, 0.25) is 0 Å². The molecule has 1 aromatic heterocycles. The third-order valence-corrected chi connectivity index (χ3v) is 3.48. The molecule has 6 heteroatoms. The molecule has 0 saturated carbocycles. The fraction of sp³-hybridized carbons (Fsp3) is 0.500. The maximum absolute atomic E-state index is 12.6. The Morgan fingerprint density at radius 1 is 1.04 bits per heavy atom. The van der Waals surface area contributed by atoms with E-state index in [4.69, 9.17) is 9.47 Å². The average molecular weight is 360 g/mol. The van der Waals surface area contributed by atoms with Gasteiger partial charge in [0.15, 0.2) is 0 Å². The first-order chi connectivity index (χ1) is 11.9. The fourth-order valence-corrected chi connectivity index (χ4v) is 2.54. The van der Waals surface area contributed by atoms with Crippen LogP contribution in [0.1, 0.15) is 47.1 Å². The van der Waals surface area contributed by atoms with E-state index in [0.717, 1.165) is 16.5 Å². The second-order valence-corrected chi connectivity index (χ2v) is 8.30. The van der Waals surface area contributed by atoms with Gasteiger partial charge >= 0.3 is 12.1 Å². The molecule has 0 aliphatic carbocycles. The summed E-state index contributed by atoms with van der Waals surface area (Å²) in [6, 6.07) is 6.96. The van der Waals surface area contributed by atoms with Crippen LogP contribution in [0.25, 0.3) is 10.9 Å². The predicted octanol–water partition coefficient (Wildman–Crippen LogP) is 3.95. The van der Waals surface area contributed by atoms with Crippen LogP contribution in [0.4, 0.5) is 4.79 Å². The Hall–Kier alpha value is -2.50. The Balaban J connectivity index is 2.22. The molecule has 1 aromatic carbocycles. The van der Waals surface area contributed by atoms with E-state index in [2.05, 4.69) is 10.3 Å². The van der Waals surface area contributed by atoms with Crippen LogP contribution in [0.15, 0.2) is 30.5 Å². The Bertz CT molecular complexity index is 781. The van der Waals surface area contributed by atoms with Crippen LogP contribution < -0.4 is 5.32 Å². The Labute approximate surface area is 154 Å². The number of hydrogen-bond donors (Lipinski definition) is 2. The molecule has 2 N–H and O–H groups in total. The molecule has 0 saturated heterocycles. The van der Waals surface area contributed by atoms with Crippen molar-refractivity contribution in [3.63, 3.8) is 0 Å². The van der Waals surface area contributed by atoms with Gasteiger partial charge in [-0.1, -0.05) is 18.2 Å². The summed E-state index contributed by atoms with van der Waals surface area (Å²) in [4.78, 5) is 28.0. The van der Waals surface area contributed by atoms with E-state index in [0.29, 0.717) is 6.42 Å². The van der Waals surface area contributed by atoms with E-state index in [-0.39, 0.29) is 0 Å². The van der Waals surface area contributed by atoms with E-state index in [1.54, 1.807) is 41.5 Å². The normalized spacial score (nSPS) is 13.3. The monoisotopic (exact) mass is 360 g/mol. The number of para-hydroxylation sites is 1. The van der Waals surface area contributed by atoms with Crippen molar-refractivity contribution in [2.24, 2.45) is 0 Å². The maximum Gasteiger partial charge on any atom is 0.408 e. The molecule has 1 heterocycles. The number of hydrogen-bond acceptors (Lipinski definition) is 4. The lowest BCUT2D eigenvalue weighted by molar-refractivity contribution is -0.157. The van der Waals surface area contributed by atoms with Gasteiger partial charge in [-0.15, -0.1) is 0 Å². The van der Waals surface area contributed by atoms with E-state index in [1.807, 2.05) is 30.5 Å². The van der Waals surface area contributed by atoms with Gasteiger partial charge < -0.3 is 19.8 Å². The first-order valence-corrected chi connectivity index (χ1v) is 8.72. The third kappa shape index (κ3) is 5.79. The Kier molecular flexibility index (Phi) is 5.64. The maximum atomic E-state index is 12.6. The summed E-state index contributed by atoms with van der Waals surface area (Å²) in [6.45, 7) is 10.7. The Morgan fingerprint density at radius 2 is 1.65 bits per heavy atom. The van der Waals surface area contributed by atoms with Crippen molar-refractivity contribution >= 4 is 23.0 Å². The second kappa shape index (κ2) is 7.40. The zero-order chi connectivity index (χ0) is 19.5. The summed E-state index contributed by atoms with van der Waals surface area (Å²) in [5, 5.41) is 3.66. The van der Waals surface area contributed by atoms with Crippen molar-refractivity contribution < 1.29 is 19.1 Å². The Morgan fingerprint density at radius 3 is 2.27 bits per heavy atom. The van der Waals surface area contributed by atoms with E-state index in [1.165, 1.54) is 0 Å². The number of fused-ring (bicyclic) bond motifs is 1. The van der Waals surface area contributed by atoms with Gasteiger partial charge in [-0.3, -0.25) is 0 Å². The SMILES string of the molecule is CC(C)(C)OC(=O)N[C@H](Cc1c[nH]c2ccccc12)C(=O)OC(C)(C)C. The zero-order valence-electron chi connectivity index (χ0n) is 16.3. The van der Waals surface area contributed by atoms with E-state index < -0.39 is 29.3 Å². The lowest BCUT2D eigenvalue weighted by atomic mass is 10.0. The molecule has 0 aliphatic heterocycles. The first-order valence-electron chi connectivity index (χ1n) is 8.72. The number of aromatic nitrogens is 1. The molecule has 2 rings (SSSR count). The summed E-state index contributed by atoms with van der Waals surface area (Å²) < 4.78 is 10.8. The highest BCUT2D eigenvalue weighted by Crippen LogP contribution is 2.20. The van der Waals surface area contributed by atoms with Crippen LogP contribution in [0.3, 0.4) is 0 Å². The summed E-state index contributed by atoms with van der Waals surface area (Å²) in [5.41, 5.74) is 0.601.